The molecule has 0 aromatic heterocycles. The van der Waals surface area contributed by atoms with Crippen molar-refractivity contribution in [3.63, 3.8) is 0 Å². The zero-order valence-corrected chi connectivity index (χ0v) is 25.4. The number of carbonyl (C=O) groups excluding carboxylic acids is 3. The van der Waals surface area contributed by atoms with Gasteiger partial charge in [0, 0.05) is 33.5 Å². The van der Waals surface area contributed by atoms with Crippen molar-refractivity contribution in [3.8, 4) is 17.2 Å². The van der Waals surface area contributed by atoms with Crippen molar-refractivity contribution in [1.82, 2.24) is 5.32 Å². The van der Waals surface area contributed by atoms with Gasteiger partial charge in [-0.3, -0.25) is 14.4 Å². The number of hydrogen-bond donors (Lipinski definition) is 3. The summed E-state index contributed by atoms with van der Waals surface area (Å²) in [4.78, 5) is 39.8. The van der Waals surface area contributed by atoms with Gasteiger partial charge >= 0.3 is 0 Å². The van der Waals surface area contributed by atoms with Crippen molar-refractivity contribution >= 4 is 46.9 Å². The molecule has 0 spiro atoms. The second-order valence-electron chi connectivity index (χ2n) is 9.26. The molecule has 0 unspecified atom stereocenters. The Morgan fingerprint density at radius 3 is 2.23 bits per heavy atom. The summed E-state index contributed by atoms with van der Waals surface area (Å²) >= 11 is 1.33. The Kier molecular flexibility index (Phi) is 11.4. The van der Waals surface area contributed by atoms with Crippen LogP contribution in [0.2, 0.25) is 0 Å². The Hall–Kier alpha value is -5.22. The number of ether oxygens (including phenoxy) is 3. The third-order valence-electron chi connectivity index (χ3n) is 6.18. The predicted molar refractivity (Wildman–Crippen MR) is 173 cm³/mol. The number of hydrogen-bond acceptors (Lipinski definition) is 7. The third-order valence-corrected chi connectivity index (χ3v) is 7.17. The lowest BCUT2D eigenvalue weighted by atomic mass is 10.1. The molecule has 226 valence electrons. The Balaban J connectivity index is 1.47. The Bertz CT molecular complexity index is 1620. The zero-order valence-electron chi connectivity index (χ0n) is 24.6. The minimum absolute atomic E-state index is 0.00936. The standard InChI is InChI=1S/C34H33N3O6S/c1-4-43-27-17-14-25(15-18-27)35-32(38)22-44-29-12-8-11-26(20-29)36-34(40)30(37-33(39)23-9-6-5-7-10-23)19-24-13-16-28(41-2)21-31(24)42-3/h5-21H,4,22H2,1-3H3,(H,35,38)(H,36,40)(H,37,39)/b30-19+. The molecule has 0 atom stereocenters. The van der Waals surface area contributed by atoms with Crippen LogP contribution in [-0.2, 0) is 9.59 Å². The van der Waals surface area contributed by atoms with Gasteiger partial charge < -0.3 is 30.2 Å². The zero-order chi connectivity index (χ0) is 31.3. The van der Waals surface area contributed by atoms with E-state index in [0.29, 0.717) is 40.6 Å². The fourth-order valence-electron chi connectivity index (χ4n) is 4.04. The molecule has 0 aliphatic carbocycles. The van der Waals surface area contributed by atoms with Crippen LogP contribution in [0.25, 0.3) is 6.08 Å². The van der Waals surface area contributed by atoms with E-state index < -0.39 is 11.8 Å². The molecule has 0 aliphatic heterocycles. The fraction of sp³-hybridized carbons (Fsp3) is 0.147. The van der Waals surface area contributed by atoms with Crippen LogP contribution in [0.5, 0.6) is 17.2 Å². The highest BCUT2D eigenvalue weighted by atomic mass is 32.2. The largest absolute Gasteiger partial charge is 0.497 e. The molecule has 0 saturated heterocycles. The molecule has 0 aliphatic rings. The number of carbonyl (C=O) groups is 3. The summed E-state index contributed by atoms with van der Waals surface area (Å²) in [7, 11) is 3.06. The average Bonchev–Trinajstić information content (AvgIpc) is 3.05. The van der Waals surface area contributed by atoms with Crippen molar-refractivity contribution in [3.05, 3.63) is 114 Å². The van der Waals surface area contributed by atoms with Gasteiger partial charge in [0.15, 0.2) is 0 Å². The molecule has 0 saturated carbocycles. The molecule has 4 rings (SSSR count). The number of rotatable bonds is 13. The second kappa shape index (κ2) is 15.9. The molecule has 4 aromatic rings. The van der Waals surface area contributed by atoms with E-state index in [9.17, 15) is 14.4 Å². The molecule has 0 fully saturated rings. The van der Waals surface area contributed by atoms with Crippen LogP contribution < -0.4 is 30.2 Å². The van der Waals surface area contributed by atoms with E-state index in [2.05, 4.69) is 16.0 Å². The van der Waals surface area contributed by atoms with Gasteiger partial charge in [0.2, 0.25) is 5.91 Å². The van der Waals surface area contributed by atoms with E-state index in [1.165, 1.54) is 24.9 Å². The maximum atomic E-state index is 13.5. The molecular formula is C34H33N3O6S. The minimum Gasteiger partial charge on any atom is -0.497 e. The van der Waals surface area contributed by atoms with Gasteiger partial charge in [0.05, 0.1) is 26.6 Å². The highest BCUT2D eigenvalue weighted by Gasteiger charge is 2.17. The topological polar surface area (TPSA) is 115 Å². The van der Waals surface area contributed by atoms with E-state index in [1.54, 1.807) is 98.1 Å². The van der Waals surface area contributed by atoms with Crippen LogP contribution in [0.4, 0.5) is 11.4 Å². The minimum atomic E-state index is -0.539. The highest BCUT2D eigenvalue weighted by molar-refractivity contribution is 8.00. The SMILES string of the molecule is CCOc1ccc(NC(=O)CSc2cccc(NC(=O)/C(=C\c3ccc(OC)cc3OC)NC(=O)c3ccccc3)c2)cc1. The maximum absolute atomic E-state index is 13.5. The summed E-state index contributed by atoms with van der Waals surface area (Å²) in [5.74, 6) is 0.798. The van der Waals surface area contributed by atoms with Gasteiger partial charge in [-0.25, -0.2) is 0 Å². The smallest absolute Gasteiger partial charge is 0.272 e. The maximum Gasteiger partial charge on any atom is 0.272 e. The quantitative estimate of drug-likeness (QED) is 0.121. The van der Waals surface area contributed by atoms with E-state index in [1.807, 2.05) is 13.0 Å². The summed E-state index contributed by atoms with van der Waals surface area (Å²) in [6.07, 6.45) is 1.54. The van der Waals surface area contributed by atoms with Crippen LogP contribution in [0, 0.1) is 0 Å². The lowest BCUT2D eigenvalue weighted by Gasteiger charge is -2.13. The lowest BCUT2D eigenvalue weighted by molar-refractivity contribution is -0.114. The van der Waals surface area contributed by atoms with Gasteiger partial charge in [-0.05, 0) is 79.7 Å². The average molecular weight is 612 g/mol. The first kappa shape index (κ1) is 31.7. The monoisotopic (exact) mass is 611 g/mol. The molecule has 44 heavy (non-hydrogen) atoms. The van der Waals surface area contributed by atoms with Crippen LogP contribution in [0.3, 0.4) is 0 Å². The summed E-state index contributed by atoms with van der Waals surface area (Å²) in [5, 5.41) is 8.44. The molecule has 0 bridgehead atoms. The summed E-state index contributed by atoms with van der Waals surface area (Å²) in [5.41, 5.74) is 2.14. The van der Waals surface area contributed by atoms with Crippen LogP contribution in [0.1, 0.15) is 22.8 Å². The molecule has 0 radical (unpaired) electrons. The van der Waals surface area contributed by atoms with E-state index in [-0.39, 0.29) is 17.4 Å². The highest BCUT2D eigenvalue weighted by Crippen LogP contribution is 2.27. The normalized spacial score (nSPS) is 10.8. The van der Waals surface area contributed by atoms with Crippen LogP contribution >= 0.6 is 11.8 Å². The van der Waals surface area contributed by atoms with E-state index >= 15 is 0 Å². The molecule has 3 N–H and O–H groups in total. The van der Waals surface area contributed by atoms with Crippen molar-refractivity contribution in [2.24, 2.45) is 0 Å². The first-order valence-corrected chi connectivity index (χ1v) is 14.7. The number of methoxy groups -OCH3 is 2. The molecule has 0 heterocycles. The van der Waals surface area contributed by atoms with Gasteiger partial charge in [-0.15, -0.1) is 11.8 Å². The Labute approximate surface area is 260 Å². The molecular weight excluding hydrogens is 578 g/mol. The summed E-state index contributed by atoms with van der Waals surface area (Å²) in [6, 6.07) is 28.0. The van der Waals surface area contributed by atoms with Crippen molar-refractivity contribution in [1.29, 1.82) is 0 Å². The van der Waals surface area contributed by atoms with E-state index in [0.717, 1.165) is 10.6 Å². The van der Waals surface area contributed by atoms with Crippen molar-refractivity contribution in [2.45, 2.75) is 11.8 Å². The first-order chi connectivity index (χ1) is 21.4. The van der Waals surface area contributed by atoms with Gasteiger partial charge in [0.25, 0.3) is 11.8 Å². The lowest BCUT2D eigenvalue weighted by Crippen LogP contribution is -2.30. The van der Waals surface area contributed by atoms with E-state index in [4.69, 9.17) is 14.2 Å². The second-order valence-corrected chi connectivity index (χ2v) is 10.3. The van der Waals surface area contributed by atoms with Gasteiger partial charge in [0.1, 0.15) is 22.9 Å². The first-order valence-electron chi connectivity index (χ1n) is 13.8. The van der Waals surface area contributed by atoms with Gasteiger partial charge in [-0.2, -0.15) is 0 Å². The molecule has 9 nitrogen and oxygen atoms in total. The predicted octanol–water partition coefficient (Wildman–Crippen LogP) is 6.24. The Morgan fingerprint density at radius 1 is 0.773 bits per heavy atom. The number of amides is 3. The van der Waals surface area contributed by atoms with Crippen LogP contribution in [-0.4, -0.2) is 44.3 Å². The number of anilines is 2. The molecule has 3 amide bonds. The summed E-state index contributed by atoms with van der Waals surface area (Å²) < 4.78 is 16.2. The van der Waals surface area contributed by atoms with Gasteiger partial charge in [-0.1, -0.05) is 24.3 Å². The summed E-state index contributed by atoms with van der Waals surface area (Å²) in [6.45, 7) is 2.48. The molecule has 10 heteroatoms. The number of nitrogens with one attached hydrogen (secondary N) is 3. The Morgan fingerprint density at radius 2 is 1.52 bits per heavy atom. The van der Waals surface area contributed by atoms with Crippen molar-refractivity contribution in [2.75, 3.05) is 37.2 Å². The fourth-order valence-corrected chi connectivity index (χ4v) is 4.80. The van der Waals surface area contributed by atoms with Crippen LogP contribution in [0.15, 0.2) is 108 Å². The number of thioether (sulfide) groups is 1. The third kappa shape index (κ3) is 9.14. The van der Waals surface area contributed by atoms with Crippen molar-refractivity contribution < 1.29 is 28.6 Å². The number of benzene rings is 4. The molecule has 4 aromatic carbocycles.